The third-order valence-corrected chi connectivity index (χ3v) is 6.91. The second-order valence-corrected chi connectivity index (χ2v) is 8.63. The molecule has 27 heavy (non-hydrogen) atoms. The summed E-state index contributed by atoms with van der Waals surface area (Å²) in [5, 5.41) is 3.52. The van der Waals surface area contributed by atoms with Crippen molar-refractivity contribution in [1.29, 1.82) is 0 Å². The van der Waals surface area contributed by atoms with Crippen LogP contribution in [0.5, 0.6) is 0 Å². The first-order valence-corrected chi connectivity index (χ1v) is 10.5. The van der Waals surface area contributed by atoms with E-state index in [1.807, 2.05) is 0 Å². The van der Waals surface area contributed by atoms with E-state index in [1.54, 1.807) is 29.3 Å². The lowest BCUT2D eigenvalue weighted by Crippen LogP contribution is -2.28. The number of thioether (sulfide) groups is 1. The van der Waals surface area contributed by atoms with Crippen molar-refractivity contribution >= 4 is 28.3 Å². The average molecular weight is 375 g/mol. The Kier molecular flexibility index (Phi) is 3.97. The fourth-order valence-electron chi connectivity index (χ4n) is 4.24. The van der Waals surface area contributed by atoms with Gasteiger partial charge in [0.05, 0.1) is 5.03 Å². The first-order valence-electron chi connectivity index (χ1n) is 9.51. The molecule has 1 saturated carbocycles. The van der Waals surface area contributed by atoms with E-state index in [1.165, 1.54) is 34.7 Å². The molecular weight excluding hydrogens is 354 g/mol. The molecule has 3 nitrogen and oxygen atoms in total. The van der Waals surface area contributed by atoms with Crippen molar-refractivity contribution in [1.82, 2.24) is 4.57 Å². The molecular formula is C23H21NO2S. The monoisotopic (exact) mass is 375 g/mol. The van der Waals surface area contributed by atoms with Crippen molar-refractivity contribution < 1.29 is 4.79 Å². The average Bonchev–Trinajstić information content (AvgIpc) is 3.39. The summed E-state index contributed by atoms with van der Waals surface area (Å²) < 4.78 is 1.76. The van der Waals surface area contributed by atoms with Gasteiger partial charge >= 0.3 is 0 Å². The van der Waals surface area contributed by atoms with Crippen LogP contribution in [0.15, 0.2) is 58.4 Å². The van der Waals surface area contributed by atoms with Crippen molar-refractivity contribution in [3.05, 3.63) is 75.6 Å². The van der Waals surface area contributed by atoms with Gasteiger partial charge in [-0.1, -0.05) is 42.5 Å². The first kappa shape index (κ1) is 16.8. The van der Waals surface area contributed by atoms with E-state index < -0.39 is 0 Å². The summed E-state index contributed by atoms with van der Waals surface area (Å²) in [7, 11) is 0. The second kappa shape index (κ2) is 6.38. The highest BCUT2D eigenvalue weighted by atomic mass is 32.2. The van der Waals surface area contributed by atoms with Gasteiger partial charge in [-0.2, -0.15) is 0 Å². The fraction of sp³-hybridized carbons (Fsp3) is 0.304. The van der Waals surface area contributed by atoms with E-state index in [2.05, 4.69) is 42.5 Å². The van der Waals surface area contributed by atoms with E-state index in [4.69, 9.17) is 0 Å². The van der Waals surface area contributed by atoms with Gasteiger partial charge in [0.1, 0.15) is 6.04 Å². The van der Waals surface area contributed by atoms with Crippen molar-refractivity contribution in [3.8, 4) is 0 Å². The van der Waals surface area contributed by atoms with Gasteiger partial charge in [-0.25, -0.2) is 0 Å². The summed E-state index contributed by atoms with van der Waals surface area (Å²) in [5.74, 6) is 1.30. The number of carbonyl (C=O) groups excluding carboxylic acids is 1. The topological polar surface area (TPSA) is 39.1 Å². The number of rotatable bonds is 4. The van der Waals surface area contributed by atoms with Gasteiger partial charge in [0.25, 0.3) is 5.56 Å². The van der Waals surface area contributed by atoms with Crippen LogP contribution < -0.4 is 5.56 Å². The van der Waals surface area contributed by atoms with E-state index in [0.717, 1.165) is 17.0 Å². The Morgan fingerprint density at radius 1 is 1.11 bits per heavy atom. The number of carbonyl (C=O) groups is 1. The molecule has 0 saturated heterocycles. The maximum Gasteiger partial charge on any atom is 0.252 e. The Morgan fingerprint density at radius 3 is 2.67 bits per heavy atom. The highest BCUT2D eigenvalue weighted by Gasteiger charge is 2.36. The van der Waals surface area contributed by atoms with Gasteiger partial charge in [-0.15, -0.1) is 11.8 Å². The Labute approximate surface area is 162 Å². The molecule has 1 atom stereocenters. The number of ketones is 1. The summed E-state index contributed by atoms with van der Waals surface area (Å²) >= 11 is 1.68. The molecule has 3 aromatic rings. The van der Waals surface area contributed by atoms with Gasteiger partial charge < -0.3 is 0 Å². The summed E-state index contributed by atoms with van der Waals surface area (Å²) in [6.45, 7) is 1.59. The zero-order valence-corrected chi connectivity index (χ0v) is 16.1. The van der Waals surface area contributed by atoms with E-state index in [9.17, 15) is 9.59 Å². The largest absolute Gasteiger partial charge is 0.298 e. The molecule has 0 amide bonds. The predicted octanol–water partition coefficient (Wildman–Crippen LogP) is 4.71. The van der Waals surface area contributed by atoms with Crippen LogP contribution in [0.4, 0.5) is 0 Å². The maximum atomic E-state index is 12.9. The minimum Gasteiger partial charge on any atom is -0.298 e. The zero-order chi connectivity index (χ0) is 18.5. The summed E-state index contributed by atoms with van der Waals surface area (Å²) in [6.07, 6.45) is 3.12. The standard InChI is InChI=1S/C23H21NO2S/c1-14(25)20-13-27-23-22(16-9-10-16)18(12-21(26)24(20)23)11-17-7-4-6-15-5-2-3-8-19(15)17/h2-8,12,16,20H,9-11,13H2,1H3. The van der Waals surface area contributed by atoms with Crippen molar-refractivity contribution in [2.24, 2.45) is 0 Å². The number of Topliss-reactive ketones (excluding diaryl/α,β-unsaturated/α-hetero) is 1. The van der Waals surface area contributed by atoms with Crippen LogP contribution in [-0.2, 0) is 11.2 Å². The molecule has 136 valence electrons. The molecule has 0 spiro atoms. The number of pyridine rings is 1. The summed E-state index contributed by atoms with van der Waals surface area (Å²) in [4.78, 5) is 24.9. The molecule has 0 radical (unpaired) electrons. The number of aromatic nitrogens is 1. The number of benzene rings is 2. The Morgan fingerprint density at radius 2 is 1.89 bits per heavy atom. The van der Waals surface area contributed by atoms with Gasteiger partial charge in [-0.05, 0) is 59.6 Å². The molecule has 4 heteroatoms. The molecule has 1 aromatic heterocycles. The normalized spacial score (nSPS) is 18.6. The Balaban J connectivity index is 1.66. The molecule has 1 fully saturated rings. The highest BCUT2D eigenvalue weighted by Crippen LogP contribution is 2.48. The van der Waals surface area contributed by atoms with Crippen LogP contribution >= 0.6 is 11.8 Å². The van der Waals surface area contributed by atoms with Crippen LogP contribution in [0.2, 0.25) is 0 Å². The van der Waals surface area contributed by atoms with E-state index in [0.29, 0.717) is 11.7 Å². The molecule has 1 unspecified atom stereocenters. The highest BCUT2D eigenvalue weighted by molar-refractivity contribution is 7.99. The third-order valence-electron chi connectivity index (χ3n) is 5.74. The predicted molar refractivity (Wildman–Crippen MR) is 110 cm³/mol. The lowest BCUT2D eigenvalue weighted by atomic mass is 9.95. The first-order chi connectivity index (χ1) is 13.1. The second-order valence-electron chi connectivity index (χ2n) is 7.62. The van der Waals surface area contributed by atoms with Crippen LogP contribution in [0, 0.1) is 0 Å². The lowest BCUT2D eigenvalue weighted by molar-refractivity contribution is -0.119. The number of nitrogens with zero attached hydrogens (tertiary/aromatic N) is 1. The van der Waals surface area contributed by atoms with Crippen molar-refractivity contribution in [2.45, 2.75) is 43.2 Å². The molecule has 0 bridgehead atoms. The Hall–Kier alpha value is -2.33. The molecule has 2 aromatic carbocycles. The van der Waals surface area contributed by atoms with E-state index in [-0.39, 0.29) is 17.4 Å². The molecule has 1 aliphatic heterocycles. The number of hydrogen-bond donors (Lipinski definition) is 0. The smallest absolute Gasteiger partial charge is 0.252 e. The van der Waals surface area contributed by atoms with Crippen LogP contribution in [0.1, 0.15) is 48.4 Å². The van der Waals surface area contributed by atoms with Gasteiger partial charge in [0, 0.05) is 11.8 Å². The number of hydrogen-bond acceptors (Lipinski definition) is 3. The van der Waals surface area contributed by atoms with Crippen LogP contribution in [0.25, 0.3) is 10.8 Å². The van der Waals surface area contributed by atoms with Gasteiger partial charge in [-0.3, -0.25) is 14.2 Å². The van der Waals surface area contributed by atoms with E-state index >= 15 is 0 Å². The minimum absolute atomic E-state index is 0.0326. The Bertz CT molecular complexity index is 1120. The van der Waals surface area contributed by atoms with Crippen LogP contribution in [-0.4, -0.2) is 16.1 Å². The zero-order valence-electron chi connectivity index (χ0n) is 15.3. The van der Waals surface area contributed by atoms with Crippen molar-refractivity contribution in [2.75, 3.05) is 5.75 Å². The molecule has 0 N–H and O–H groups in total. The summed E-state index contributed by atoms with van der Waals surface area (Å²) in [6, 6.07) is 16.3. The SMILES string of the molecule is CC(=O)C1CSc2c(C3CC3)c(Cc3cccc4ccccc34)cc(=O)n21. The van der Waals surface area contributed by atoms with Crippen LogP contribution in [0.3, 0.4) is 0 Å². The van der Waals surface area contributed by atoms with Crippen molar-refractivity contribution in [3.63, 3.8) is 0 Å². The molecule has 5 rings (SSSR count). The number of fused-ring (bicyclic) bond motifs is 2. The fourth-order valence-corrected chi connectivity index (χ4v) is 5.75. The van der Waals surface area contributed by atoms with Gasteiger partial charge in [0.15, 0.2) is 5.78 Å². The third kappa shape index (κ3) is 2.83. The molecule has 1 aliphatic carbocycles. The maximum absolute atomic E-state index is 12.9. The van der Waals surface area contributed by atoms with Gasteiger partial charge in [0.2, 0.25) is 0 Å². The molecule has 2 aliphatic rings. The minimum atomic E-state index is -0.304. The quantitative estimate of drug-likeness (QED) is 0.663. The molecule has 2 heterocycles. The lowest BCUT2D eigenvalue weighted by Gasteiger charge is -2.17. The summed E-state index contributed by atoms with van der Waals surface area (Å²) in [5.41, 5.74) is 3.68.